The molecule has 3 aromatic rings. The summed E-state index contributed by atoms with van der Waals surface area (Å²) in [5.74, 6) is 0.866. The van der Waals surface area contributed by atoms with E-state index >= 15 is 0 Å². The molecule has 0 heterocycles. The molecule has 0 aliphatic heterocycles. The Labute approximate surface area is 210 Å². The van der Waals surface area contributed by atoms with Crippen LogP contribution in [0.3, 0.4) is 0 Å². The smallest absolute Gasteiger partial charge is 0.257 e. The Balaban J connectivity index is 1.46. The predicted octanol–water partition coefficient (Wildman–Crippen LogP) is 4.80. The summed E-state index contributed by atoms with van der Waals surface area (Å²) in [4.78, 5) is 24.9. The number of anilines is 1. The van der Waals surface area contributed by atoms with Gasteiger partial charge in [0.1, 0.15) is 24.7 Å². The first-order chi connectivity index (χ1) is 16.7. The van der Waals surface area contributed by atoms with Crippen LogP contribution < -0.4 is 25.4 Å². The monoisotopic (exact) mass is 491 g/mol. The fraction of sp³-hybridized carbons (Fsp3) is 0.222. The van der Waals surface area contributed by atoms with Crippen molar-refractivity contribution in [3.63, 3.8) is 0 Å². The zero-order valence-corrected chi connectivity index (χ0v) is 20.8. The molecular weight excluding hydrogens is 462 g/mol. The Morgan fingerprint density at radius 3 is 2.03 bits per heavy atom. The van der Waals surface area contributed by atoms with Crippen LogP contribution in [0.4, 0.5) is 5.69 Å². The molecule has 0 aliphatic carbocycles. The number of ether oxygens (including phenoxy) is 2. The second kappa shape index (κ2) is 12.0. The van der Waals surface area contributed by atoms with Gasteiger partial charge in [-0.2, -0.15) is 0 Å². The molecule has 3 aromatic carbocycles. The molecule has 35 heavy (non-hydrogen) atoms. The summed E-state index contributed by atoms with van der Waals surface area (Å²) in [5, 5.41) is 8.62. The van der Waals surface area contributed by atoms with E-state index in [0.717, 1.165) is 5.75 Å². The van der Waals surface area contributed by atoms with Crippen LogP contribution in [0.5, 0.6) is 11.5 Å². The van der Waals surface area contributed by atoms with E-state index in [9.17, 15) is 9.59 Å². The average molecular weight is 492 g/mol. The topological polar surface area (TPSA) is 88.7 Å². The van der Waals surface area contributed by atoms with Gasteiger partial charge in [-0.15, -0.1) is 0 Å². The molecule has 0 unspecified atom stereocenters. The first-order valence-electron chi connectivity index (χ1n) is 11.2. The lowest BCUT2D eigenvalue weighted by atomic mass is 10.1. The largest absolute Gasteiger partial charge is 0.490 e. The zero-order valence-electron chi connectivity index (χ0n) is 20.0. The van der Waals surface area contributed by atoms with Gasteiger partial charge < -0.3 is 20.1 Å². The number of benzene rings is 3. The average Bonchev–Trinajstić information content (AvgIpc) is 2.82. The van der Waals surface area contributed by atoms with Crippen LogP contribution in [0.25, 0.3) is 0 Å². The highest BCUT2D eigenvalue weighted by molar-refractivity contribution is 7.80. The summed E-state index contributed by atoms with van der Waals surface area (Å²) in [6.45, 7) is 6.52. The number of carbonyl (C=O) groups excluding carboxylic acids is 2. The summed E-state index contributed by atoms with van der Waals surface area (Å²) in [6, 6.07) is 23.1. The molecule has 7 nitrogen and oxygen atoms in total. The van der Waals surface area contributed by atoms with E-state index in [-0.39, 0.29) is 22.5 Å². The maximum absolute atomic E-state index is 12.5. The number of para-hydroxylation sites is 1. The van der Waals surface area contributed by atoms with E-state index < -0.39 is 0 Å². The highest BCUT2D eigenvalue weighted by atomic mass is 32.1. The fourth-order valence-electron chi connectivity index (χ4n) is 3.03. The van der Waals surface area contributed by atoms with Crippen LogP contribution in [0.1, 0.15) is 41.5 Å². The zero-order chi connectivity index (χ0) is 25.3. The lowest BCUT2D eigenvalue weighted by Gasteiger charge is -2.20. The molecule has 0 atom stereocenters. The van der Waals surface area contributed by atoms with Gasteiger partial charge in [-0.05, 0) is 87.6 Å². The molecular formula is C27H29N3O4S. The summed E-state index contributed by atoms with van der Waals surface area (Å²) in [7, 11) is 0. The number of hydrogen-bond donors (Lipinski definition) is 3. The minimum absolute atomic E-state index is 0.127. The maximum Gasteiger partial charge on any atom is 0.257 e. The first kappa shape index (κ1) is 25.7. The second-order valence-electron chi connectivity index (χ2n) is 8.73. The molecule has 8 heteroatoms. The van der Waals surface area contributed by atoms with E-state index in [0.29, 0.717) is 35.8 Å². The number of nitrogens with one attached hydrogen (secondary N) is 3. The molecule has 182 valence electrons. The Bertz CT molecular complexity index is 1160. The van der Waals surface area contributed by atoms with Gasteiger partial charge in [0, 0.05) is 22.4 Å². The van der Waals surface area contributed by atoms with Crippen molar-refractivity contribution in [3.05, 3.63) is 90.0 Å². The number of hydrogen-bond acceptors (Lipinski definition) is 5. The minimum Gasteiger partial charge on any atom is -0.490 e. The van der Waals surface area contributed by atoms with Crippen LogP contribution in [-0.2, 0) is 0 Å². The van der Waals surface area contributed by atoms with Crippen LogP contribution in [-0.4, -0.2) is 35.7 Å². The van der Waals surface area contributed by atoms with E-state index in [1.165, 1.54) is 0 Å². The van der Waals surface area contributed by atoms with Gasteiger partial charge in [-0.3, -0.25) is 14.9 Å². The normalized spacial score (nSPS) is 10.7. The predicted molar refractivity (Wildman–Crippen MR) is 141 cm³/mol. The van der Waals surface area contributed by atoms with E-state index in [1.54, 1.807) is 48.5 Å². The fourth-order valence-corrected chi connectivity index (χ4v) is 3.24. The summed E-state index contributed by atoms with van der Waals surface area (Å²) in [6.07, 6.45) is 0. The van der Waals surface area contributed by atoms with E-state index in [2.05, 4.69) is 16.0 Å². The molecule has 0 aromatic heterocycles. The third-order valence-electron chi connectivity index (χ3n) is 4.58. The van der Waals surface area contributed by atoms with Crippen LogP contribution in [0.2, 0.25) is 0 Å². The summed E-state index contributed by atoms with van der Waals surface area (Å²) in [5.41, 5.74) is 1.17. The highest BCUT2D eigenvalue weighted by Gasteiger charge is 2.16. The standard InChI is InChI=1S/C27H29N3O4S/c1-27(2,3)30-25(32)20-8-7-9-21(18-20)28-26(35)29-24(31)19-12-14-23(15-13-19)34-17-16-33-22-10-5-4-6-11-22/h4-15,18H,16-17H2,1-3H3,(H,30,32)(H2,28,29,31,35). The Morgan fingerprint density at radius 2 is 1.40 bits per heavy atom. The minimum atomic E-state index is -0.358. The van der Waals surface area contributed by atoms with Crippen molar-refractivity contribution in [2.24, 2.45) is 0 Å². The van der Waals surface area contributed by atoms with Crippen molar-refractivity contribution in [2.75, 3.05) is 18.5 Å². The highest BCUT2D eigenvalue weighted by Crippen LogP contribution is 2.14. The van der Waals surface area contributed by atoms with Crippen molar-refractivity contribution >= 4 is 34.8 Å². The number of carbonyl (C=O) groups is 2. The van der Waals surface area contributed by atoms with Gasteiger partial charge in [0.05, 0.1) is 0 Å². The van der Waals surface area contributed by atoms with Crippen molar-refractivity contribution in [1.82, 2.24) is 10.6 Å². The molecule has 0 radical (unpaired) electrons. The molecule has 0 aliphatic rings. The number of thiocarbonyl (C=S) groups is 1. The van der Waals surface area contributed by atoms with Gasteiger partial charge in [-0.1, -0.05) is 24.3 Å². The molecule has 0 saturated carbocycles. The molecule has 3 rings (SSSR count). The van der Waals surface area contributed by atoms with Crippen molar-refractivity contribution in [2.45, 2.75) is 26.3 Å². The third-order valence-corrected chi connectivity index (χ3v) is 4.78. The molecule has 2 amide bonds. The number of amides is 2. The molecule has 0 spiro atoms. The molecule has 3 N–H and O–H groups in total. The first-order valence-corrected chi connectivity index (χ1v) is 11.6. The Morgan fingerprint density at radius 1 is 0.771 bits per heavy atom. The summed E-state index contributed by atoms with van der Waals surface area (Å²) < 4.78 is 11.2. The van der Waals surface area contributed by atoms with Crippen molar-refractivity contribution in [1.29, 1.82) is 0 Å². The Kier molecular flexibility index (Phi) is 8.80. The van der Waals surface area contributed by atoms with Gasteiger partial charge in [0.15, 0.2) is 5.11 Å². The molecule has 0 bridgehead atoms. The SMILES string of the molecule is CC(C)(C)NC(=O)c1cccc(NC(=S)NC(=O)c2ccc(OCCOc3ccccc3)cc2)c1. The quantitative estimate of drug-likeness (QED) is 0.310. The maximum atomic E-state index is 12.5. The van der Waals surface area contributed by atoms with Gasteiger partial charge in [-0.25, -0.2) is 0 Å². The molecule has 0 fully saturated rings. The van der Waals surface area contributed by atoms with Crippen molar-refractivity contribution < 1.29 is 19.1 Å². The molecule has 0 saturated heterocycles. The third kappa shape index (κ3) is 8.75. The van der Waals surface area contributed by atoms with Gasteiger partial charge in [0.2, 0.25) is 0 Å². The second-order valence-corrected chi connectivity index (χ2v) is 9.14. The van der Waals surface area contributed by atoms with E-state index in [1.807, 2.05) is 51.1 Å². The van der Waals surface area contributed by atoms with Gasteiger partial charge >= 0.3 is 0 Å². The van der Waals surface area contributed by atoms with Gasteiger partial charge in [0.25, 0.3) is 11.8 Å². The van der Waals surface area contributed by atoms with Crippen molar-refractivity contribution in [3.8, 4) is 11.5 Å². The summed E-state index contributed by atoms with van der Waals surface area (Å²) >= 11 is 5.26. The lowest BCUT2D eigenvalue weighted by Crippen LogP contribution is -2.40. The Hall–Kier alpha value is -3.91. The van der Waals surface area contributed by atoms with Crippen LogP contribution in [0.15, 0.2) is 78.9 Å². The number of rotatable bonds is 8. The van der Waals surface area contributed by atoms with Crippen LogP contribution in [0, 0.1) is 0 Å². The van der Waals surface area contributed by atoms with E-state index in [4.69, 9.17) is 21.7 Å². The lowest BCUT2D eigenvalue weighted by molar-refractivity contribution is 0.0918. The van der Waals surface area contributed by atoms with Crippen LogP contribution >= 0.6 is 12.2 Å².